The minimum Gasteiger partial charge on any atom is -0.345 e. The molecular weight excluding hydrogens is 170 g/mol. The quantitative estimate of drug-likeness (QED) is 0.703. The molecule has 1 aliphatic heterocycles. The summed E-state index contributed by atoms with van der Waals surface area (Å²) in [7, 11) is 0. The van der Waals surface area contributed by atoms with Crippen LogP contribution in [-0.2, 0) is 0 Å². The van der Waals surface area contributed by atoms with E-state index < -0.39 is 0 Å². The topological polar surface area (TPSA) is 42.2 Å². The maximum atomic E-state index is 5.69. The first-order valence-electron chi connectivity index (χ1n) is 4.11. The maximum Gasteiger partial charge on any atom is 0.185 e. The lowest BCUT2D eigenvalue weighted by Crippen LogP contribution is -2.55. The third-order valence-corrected chi connectivity index (χ3v) is 3.33. The Morgan fingerprint density at radius 1 is 1.50 bits per heavy atom. The van der Waals surface area contributed by atoms with Crippen molar-refractivity contribution in [2.45, 2.75) is 19.9 Å². The second-order valence-electron chi connectivity index (χ2n) is 3.30. The van der Waals surface area contributed by atoms with Crippen LogP contribution in [0.2, 0.25) is 0 Å². The van der Waals surface area contributed by atoms with Crippen molar-refractivity contribution >= 4 is 16.5 Å². The molecule has 0 saturated carbocycles. The van der Waals surface area contributed by atoms with E-state index in [2.05, 4.69) is 23.7 Å². The first kappa shape index (κ1) is 8.01. The zero-order chi connectivity index (χ0) is 8.72. The van der Waals surface area contributed by atoms with Gasteiger partial charge in [0.2, 0.25) is 0 Å². The molecule has 0 unspecified atom stereocenters. The summed E-state index contributed by atoms with van der Waals surface area (Å²) in [5, 5.41) is 1.13. The van der Waals surface area contributed by atoms with E-state index in [9.17, 15) is 0 Å². The van der Waals surface area contributed by atoms with Crippen molar-refractivity contribution in [2.75, 3.05) is 18.0 Å². The van der Waals surface area contributed by atoms with Crippen molar-refractivity contribution < 1.29 is 0 Å². The van der Waals surface area contributed by atoms with E-state index in [1.807, 2.05) is 0 Å². The zero-order valence-electron chi connectivity index (χ0n) is 7.37. The summed E-state index contributed by atoms with van der Waals surface area (Å²) >= 11 is 1.76. The first-order valence-corrected chi connectivity index (χ1v) is 4.93. The molecule has 2 rings (SSSR count). The van der Waals surface area contributed by atoms with Crippen LogP contribution in [0.4, 0.5) is 5.13 Å². The number of thiazole rings is 1. The van der Waals surface area contributed by atoms with E-state index in [-0.39, 0.29) is 0 Å². The van der Waals surface area contributed by atoms with E-state index in [0.29, 0.717) is 6.04 Å². The van der Waals surface area contributed by atoms with E-state index in [1.165, 1.54) is 4.88 Å². The van der Waals surface area contributed by atoms with Crippen LogP contribution in [0.25, 0.3) is 0 Å². The highest BCUT2D eigenvalue weighted by molar-refractivity contribution is 7.15. The second-order valence-corrected chi connectivity index (χ2v) is 4.48. The summed E-state index contributed by atoms with van der Waals surface area (Å²) in [6.45, 7) is 6.09. The summed E-state index contributed by atoms with van der Waals surface area (Å²) in [5.74, 6) is 0. The molecule has 2 N–H and O–H groups in total. The summed E-state index contributed by atoms with van der Waals surface area (Å²) < 4.78 is 0. The van der Waals surface area contributed by atoms with Gasteiger partial charge in [0.1, 0.15) is 0 Å². The molecule has 1 saturated heterocycles. The maximum absolute atomic E-state index is 5.69. The van der Waals surface area contributed by atoms with Gasteiger partial charge in [0.25, 0.3) is 0 Å². The van der Waals surface area contributed by atoms with Crippen LogP contribution >= 0.6 is 11.3 Å². The van der Waals surface area contributed by atoms with Gasteiger partial charge in [0.05, 0.1) is 5.69 Å². The Morgan fingerprint density at radius 3 is 2.58 bits per heavy atom. The highest BCUT2D eigenvalue weighted by atomic mass is 32.1. The molecule has 0 radical (unpaired) electrons. The van der Waals surface area contributed by atoms with Crippen LogP contribution in [0.5, 0.6) is 0 Å². The number of aryl methyl sites for hydroxylation is 2. The van der Waals surface area contributed by atoms with Gasteiger partial charge in [-0.25, -0.2) is 4.98 Å². The average Bonchev–Trinajstić information content (AvgIpc) is 2.26. The molecule has 66 valence electrons. The lowest BCUT2D eigenvalue weighted by atomic mass is 10.1. The molecule has 2 heterocycles. The number of rotatable bonds is 1. The van der Waals surface area contributed by atoms with E-state index in [4.69, 9.17) is 5.73 Å². The fraction of sp³-hybridized carbons (Fsp3) is 0.625. The van der Waals surface area contributed by atoms with Crippen LogP contribution in [0.1, 0.15) is 10.6 Å². The second kappa shape index (κ2) is 2.71. The monoisotopic (exact) mass is 183 g/mol. The average molecular weight is 183 g/mol. The highest BCUT2D eigenvalue weighted by Crippen LogP contribution is 2.27. The zero-order valence-corrected chi connectivity index (χ0v) is 8.19. The van der Waals surface area contributed by atoms with Gasteiger partial charge < -0.3 is 10.6 Å². The van der Waals surface area contributed by atoms with Crippen molar-refractivity contribution in [3.05, 3.63) is 10.6 Å². The molecule has 1 fully saturated rings. The first-order chi connectivity index (χ1) is 5.66. The van der Waals surface area contributed by atoms with Crippen LogP contribution < -0.4 is 10.6 Å². The van der Waals surface area contributed by atoms with Gasteiger partial charge in [0, 0.05) is 24.0 Å². The Balaban J connectivity index is 2.14. The van der Waals surface area contributed by atoms with Gasteiger partial charge in [0.15, 0.2) is 5.13 Å². The van der Waals surface area contributed by atoms with Gasteiger partial charge in [-0.15, -0.1) is 11.3 Å². The van der Waals surface area contributed by atoms with Crippen molar-refractivity contribution in [1.29, 1.82) is 0 Å². The third kappa shape index (κ3) is 1.21. The van der Waals surface area contributed by atoms with Gasteiger partial charge in [-0.2, -0.15) is 0 Å². The van der Waals surface area contributed by atoms with Crippen LogP contribution in [0, 0.1) is 13.8 Å². The molecule has 1 aliphatic rings. The molecule has 0 bridgehead atoms. The van der Waals surface area contributed by atoms with Crippen molar-refractivity contribution in [3.8, 4) is 0 Å². The minimum absolute atomic E-state index is 0.356. The Hall–Kier alpha value is -0.610. The minimum atomic E-state index is 0.356. The fourth-order valence-corrected chi connectivity index (χ4v) is 2.19. The molecular formula is C8H13N3S. The van der Waals surface area contributed by atoms with Crippen molar-refractivity contribution in [3.63, 3.8) is 0 Å². The van der Waals surface area contributed by atoms with Gasteiger partial charge >= 0.3 is 0 Å². The Labute approximate surface area is 76.2 Å². The SMILES string of the molecule is Cc1nc(N2CC(N)C2)sc1C. The summed E-state index contributed by atoms with van der Waals surface area (Å²) in [4.78, 5) is 8.00. The number of hydrogen-bond acceptors (Lipinski definition) is 4. The van der Waals surface area contributed by atoms with Crippen LogP contribution in [-0.4, -0.2) is 24.1 Å². The van der Waals surface area contributed by atoms with Gasteiger partial charge in [-0.3, -0.25) is 0 Å². The molecule has 0 aromatic carbocycles. The fourth-order valence-electron chi connectivity index (χ4n) is 1.26. The molecule has 4 heteroatoms. The smallest absolute Gasteiger partial charge is 0.185 e. The normalized spacial score (nSPS) is 18.1. The number of anilines is 1. The predicted octanol–water partition coefficient (Wildman–Crippen LogP) is 0.907. The van der Waals surface area contributed by atoms with Gasteiger partial charge in [-0.1, -0.05) is 0 Å². The standard InChI is InChI=1S/C8H13N3S/c1-5-6(2)12-8(10-5)11-3-7(9)4-11/h7H,3-4,9H2,1-2H3. The van der Waals surface area contributed by atoms with Gasteiger partial charge in [-0.05, 0) is 13.8 Å². The molecule has 1 aromatic heterocycles. The molecule has 0 spiro atoms. The van der Waals surface area contributed by atoms with E-state index >= 15 is 0 Å². The highest BCUT2D eigenvalue weighted by Gasteiger charge is 2.25. The number of aromatic nitrogens is 1. The van der Waals surface area contributed by atoms with Crippen molar-refractivity contribution in [1.82, 2.24) is 4.98 Å². The molecule has 1 aromatic rings. The lowest BCUT2D eigenvalue weighted by molar-refractivity contribution is 0.518. The van der Waals surface area contributed by atoms with E-state index in [0.717, 1.165) is 23.9 Å². The largest absolute Gasteiger partial charge is 0.345 e. The van der Waals surface area contributed by atoms with Crippen LogP contribution in [0.15, 0.2) is 0 Å². The lowest BCUT2D eigenvalue weighted by Gasteiger charge is -2.36. The molecule has 0 amide bonds. The summed E-state index contributed by atoms with van der Waals surface area (Å²) in [6.07, 6.45) is 0. The molecule has 3 nitrogen and oxygen atoms in total. The Bertz CT molecular complexity index is 269. The summed E-state index contributed by atoms with van der Waals surface area (Å²) in [6, 6.07) is 0.356. The van der Waals surface area contributed by atoms with Crippen molar-refractivity contribution in [2.24, 2.45) is 5.73 Å². The number of nitrogens with zero attached hydrogens (tertiary/aromatic N) is 2. The number of hydrogen-bond donors (Lipinski definition) is 1. The molecule has 0 aliphatic carbocycles. The predicted molar refractivity (Wildman–Crippen MR) is 51.8 cm³/mol. The Kier molecular flexibility index (Phi) is 1.81. The Morgan fingerprint density at radius 2 is 2.17 bits per heavy atom. The summed E-state index contributed by atoms with van der Waals surface area (Å²) in [5.41, 5.74) is 6.83. The third-order valence-electron chi connectivity index (χ3n) is 2.20. The van der Waals surface area contributed by atoms with Crippen LogP contribution in [0.3, 0.4) is 0 Å². The van der Waals surface area contributed by atoms with E-state index in [1.54, 1.807) is 11.3 Å². The molecule has 12 heavy (non-hydrogen) atoms. The number of nitrogens with two attached hydrogens (primary N) is 1. The molecule has 0 atom stereocenters.